The summed E-state index contributed by atoms with van der Waals surface area (Å²) in [4.78, 5) is 38.3. The van der Waals surface area contributed by atoms with Crippen molar-refractivity contribution < 1.29 is 28.6 Å². The van der Waals surface area contributed by atoms with Gasteiger partial charge < -0.3 is 14.2 Å². The van der Waals surface area contributed by atoms with Crippen LogP contribution in [0.2, 0.25) is 0 Å². The number of allylic oxidation sites excluding steroid dienone is 10. The summed E-state index contributed by atoms with van der Waals surface area (Å²) in [6.07, 6.45) is 75.0. The standard InChI is InChI=1S/C65H116O6/c1-4-7-10-13-16-19-22-25-28-31-33-35-37-40-43-46-49-52-55-58-64(67)70-61-62(60-69-63(66)57-54-51-48-45-42-39-36-30-27-24-21-18-15-12-9-6-3)71-65(68)59-56-53-50-47-44-41-38-34-32-29-26-23-20-17-14-11-8-5-2/h7,10,16,19,25,28,30,36,39,42,62H,4-6,8-9,11-15,17-18,20-24,26-27,29,31-35,37-38,40-41,43-61H2,1-3H3/b10-7-,19-16-,28-25-,36-30-,42-39-. The first kappa shape index (κ1) is 68.1. The van der Waals surface area contributed by atoms with Crippen molar-refractivity contribution in [1.29, 1.82) is 0 Å². The monoisotopic (exact) mass is 993 g/mol. The van der Waals surface area contributed by atoms with Gasteiger partial charge in [-0.1, -0.05) is 281 Å². The van der Waals surface area contributed by atoms with E-state index >= 15 is 0 Å². The van der Waals surface area contributed by atoms with Crippen LogP contribution >= 0.6 is 0 Å². The third-order valence-corrected chi connectivity index (χ3v) is 13.5. The molecule has 0 spiro atoms. The fraction of sp³-hybridized carbons (Fsp3) is 0.800. The predicted molar refractivity (Wildman–Crippen MR) is 307 cm³/mol. The molecule has 0 bridgehead atoms. The number of hydrogen-bond donors (Lipinski definition) is 0. The average Bonchev–Trinajstić information content (AvgIpc) is 3.37. The summed E-state index contributed by atoms with van der Waals surface area (Å²) in [7, 11) is 0. The maximum atomic E-state index is 12.9. The largest absolute Gasteiger partial charge is 0.462 e. The maximum absolute atomic E-state index is 12.9. The van der Waals surface area contributed by atoms with Gasteiger partial charge in [0.05, 0.1) is 0 Å². The minimum atomic E-state index is -0.786. The van der Waals surface area contributed by atoms with Gasteiger partial charge in [0.25, 0.3) is 0 Å². The summed E-state index contributed by atoms with van der Waals surface area (Å²) < 4.78 is 16.9. The van der Waals surface area contributed by atoms with Gasteiger partial charge in [-0.2, -0.15) is 0 Å². The van der Waals surface area contributed by atoms with Crippen LogP contribution in [0.5, 0.6) is 0 Å². The molecule has 1 atom stereocenters. The molecule has 6 nitrogen and oxygen atoms in total. The van der Waals surface area contributed by atoms with E-state index in [1.54, 1.807) is 0 Å². The van der Waals surface area contributed by atoms with E-state index in [-0.39, 0.29) is 31.1 Å². The predicted octanol–water partition coefficient (Wildman–Crippen LogP) is 20.8. The highest BCUT2D eigenvalue weighted by Gasteiger charge is 2.19. The van der Waals surface area contributed by atoms with Crippen molar-refractivity contribution in [1.82, 2.24) is 0 Å². The van der Waals surface area contributed by atoms with Crippen LogP contribution in [0, 0.1) is 0 Å². The van der Waals surface area contributed by atoms with Crippen LogP contribution in [0.4, 0.5) is 0 Å². The Labute approximate surface area is 440 Å². The summed E-state index contributed by atoms with van der Waals surface area (Å²) in [6.45, 7) is 6.54. The number of rotatable bonds is 56. The molecule has 71 heavy (non-hydrogen) atoms. The Morgan fingerprint density at radius 3 is 0.958 bits per heavy atom. The summed E-state index contributed by atoms with van der Waals surface area (Å²) in [6, 6.07) is 0. The van der Waals surface area contributed by atoms with Crippen molar-refractivity contribution in [2.75, 3.05) is 13.2 Å². The topological polar surface area (TPSA) is 78.9 Å². The first-order valence-electron chi connectivity index (χ1n) is 30.8. The molecule has 0 saturated carbocycles. The van der Waals surface area contributed by atoms with Crippen LogP contribution in [-0.2, 0) is 28.6 Å². The molecular weight excluding hydrogens is 877 g/mol. The molecule has 0 aliphatic rings. The van der Waals surface area contributed by atoms with E-state index in [1.165, 1.54) is 186 Å². The normalized spacial score (nSPS) is 12.4. The van der Waals surface area contributed by atoms with E-state index in [1.807, 2.05) is 0 Å². The highest BCUT2D eigenvalue weighted by atomic mass is 16.6. The Kier molecular flexibility index (Phi) is 57.2. The molecule has 0 aliphatic heterocycles. The minimum absolute atomic E-state index is 0.0828. The molecule has 0 fully saturated rings. The van der Waals surface area contributed by atoms with E-state index in [4.69, 9.17) is 14.2 Å². The van der Waals surface area contributed by atoms with E-state index < -0.39 is 6.10 Å². The quantitative estimate of drug-likeness (QED) is 0.0199. The second-order valence-electron chi connectivity index (χ2n) is 20.6. The molecule has 0 saturated heterocycles. The van der Waals surface area contributed by atoms with Crippen molar-refractivity contribution >= 4 is 17.9 Å². The highest BCUT2D eigenvalue weighted by molar-refractivity contribution is 5.71. The van der Waals surface area contributed by atoms with E-state index in [0.717, 1.165) is 89.9 Å². The van der Waals surface area contributed by atoms with Gasteiger partial charge in [-0.05, 0) is 77.0 Å². The molecule has 0 aromatic heterocycles. The van der Waals surface area contributed by atoms with Gasteiger partial charge >= 0.3 is 17.9 Å². The van der Waals surface area contributed by atoms with Gasteiger partial charge in [0, 0.05) is 19.3 Å². The van der Waals surface area contributed by atoms with Crippen LogP contribution in [0.3, 0.4) is 0 Å². The maximum Gasteiger partial charge on any atom is 0.306 e. The lowest BCUT2D eigenvalue weighted by molar-refractivity contribution is -0.167. The molecule has 0 aromatic carbocycles. The lowest BCUT2D eigenvalue weighted by Crippen LogP contribution is -2.30. The van der Waals surface area contributed by atoms with Crippen LogP contribution in [-0.4, -0.2) is 37.2 Å². The molecule has 0 rings (SSSR count). The summed E-state index contributed by atoms with van der Waals surface area (Å²) in [5.41, 5.74) is 0. The molecular formula is C65H116O6. The SMILES string of the molecule is CC/C=C\C/C=C\C/C=C\CCCCCCCCCCCC(=O)OCC(COC(=O)CCCCC/C=C\C=C/CCCCCCCCC)OC(=O)CCCCCCCCCCCCCCCCCCCC. The van der Waals surface area contributed by atoms with Gasteiger partial charge in [-0.3, -0.25) is 14.4 Å². The first-order chi connectivity index (χ1) is 35.0. The van der Waals surface area contributed by atoms with Gasteiger partial charge in [0.2, 0.25) is 0 Å². The second-order valence-corrected chi connectivity index (χ2v) is 20.6. The first-order valence-corrected chi connectivity index (χ1v) is 30.8. The molecule has 0 amide bonds. The molecule has 0 aliphatic carbocycles. The molecule has 0 aromatic rings. The van der Waals surface area contributed by atoms with Crippen molar-refractivity contribution in [2.24, 2.45) is 0 Å². The highest BCUT2D eigenvalue weighted by Crippen LogP contribution is 2.17. The van der Waals surface area contributed by atoms with Crippen molar-refractivity contribution in [2.45, 2.75) is 322 Å². The van der Waals surface area contributed by atoms with E-state index in [9.17, 15) is 14.4 Å². The Balaban J connectivity index is 4.39. The smallest absolute Gasteiger partial charge is 0.306 e. The van der Waals surface area contributed by atoms with Crippen LogP contribution in [0.15, 0.2) is 60.8 Å². The van der Waals surface area contributed by atoms with Crippen molar-refractivity contribution in [3.63, 3.8) is 0 Å². The zero-order valence-electron chi connectivity index (χ0n) is 47.2. The van der Waals surface area contributed by atoms with E-state index in [0.29, 0.717) is 19.3 Å². The van der Waals surface area contributed by atoms with Crippen LogP contribution in [0.25, 0.3) is 0 Å². The lowest BCUT2D eigenvalue weighted by atomic mass is 10.0. The minimum Gasteiger partial charge on any atom is -0.462 e. The number of carbonyl (C=O) groups excluding carboxylic acids is 3. The molecule has 0 heterocycles. The Hall–Kier alpha value is -2.89. The molecule has 412 valence electrons. The molecule has 6 heteroatoms. The van der Waals surface area contributed by atoms with Crippen molar-refractivity contribution in [3.05, 3.63) is 60.8 Å². The lowest BCUT2D eigenvalue weighted by Gasteiger charge is -2.18. The summed E-state index contributed by atoms with van der Waals surface area (Å²) >= 11 is 0. The van der Waals surface area contributed by atoms with Gasteiger partial charge in [-0.15, -0.1) is 0 Å². The number of carbonyl (C=O) groups is 3. The van der Waals surface area contributed by atoms with Crippen LogP contribution < -0.4 is 0 Å². The number of unbranched alkanes of at least 4 members (excludes halogenated alkanes) is 36. The average molecular weight is 994 g/mol. The number of esters is 3. The van der Waals surface area contributed by atoms with Gasteiger partial charge in [-0.25, -0.2) is 0 Å². The summed E-state index contributed by atoms with van der Waals surface area (Å²) in [5, 5.41) is 0. The zero-order valence-corrected chi connectivity index (χ0v) is 47.2. The fourth-order valence-corrected chi connectivity index (χ4v) is 8.92. The Morgan fingerprint density at radius 2 is 0.592 bits per heavy atom. The van der Waals surface area contributed by atoms with E-state index in [2.05, 4.69) is 81.5 Å². The zero-order chi connectivity index (χ0) is 51.4. The van der Waals surface area contributed by atoms with Crippen LogP contribution in [0.1, 0.15) is 316 Å². The van der Waals surface area contributed by atoms with Crippen molar-refractivity contribution in [3.8, 4) is 0 Å². The Bertz CT molecular complexity index is 1280. The second kappa shape index (κ2) is 59.7. The third kappa shape index (κ3) is 57.9. The molecule has 0 N–H and O–H groups in total. The molecule has 0 radical (unpaired) electrons. The number of hydrogen-bond acceptors (Lipinski definition) is 6. The van der Waals surface area contributed by atoms with Gasteiger partial charge in [0.1, 0.15) is 13.2 Å². The fourth-order valence-electron chi connectivity index (χ4n) is 8.92. The third-order valence-electron chi connectivity index (χ3n) is 13.5. The number of ether oxygens (including phenoxy) is 3. The van der Waals surface area contributed by atoms with Gasteiger partial charge in [0.15, 0.2) is 6.10 Å². The molecule has 1 unspecified atom stereocenters. The Morgan fingerprint density at radius 1 is 0.310 bits per heavy atom. The summed E-state index contributed by atoms with van der Waals surface area (Å²) in [5.74, 6) is -0.897.